The quantitative estimate of drug-likeness (QED) is 0.124. The van der Waals surface area contributed by atoms with E-state index in [1.165, 1.54) is 30.2 Å². The van der Waals surface area contributed by atoms with E-state index in [0.717, 1.165) is 10.0 Å². The Balaban J connectivity index is 2.07. The molecule has 0 aliphatic carbocycles. The molecule has 0 heterocycles. The third kappa shape index (κ3) is 5.14. The molecule has 3 aromatic rings. The van der Waals surface area contributed by atoms with Gasteiger partial charge >= 0.3 is 0 Å². The largest absolute Gasteiger partial charge is 0.495 e. The van der Waals surface area contributed by atoms with Gasteiger partial charge in [-0.2, -0.15) is 8.78 Å². The number of carbonyl (C=O) groups is 1. The Morgan fingerprint density at radius 3 is 2.11 bits per heavy atom. The maximum atomic E-state index is 14.0. The molecule has 3 aromatic carbocycles. The highest BCUT2D eigenvalue weighted by Crippen LogP contribution is 2.39. The number of hydrogen-bond donors (Lipinski definition) is 0. The second-order valence-electron chi connectivity index (χ2n) is 7.19. The fourth-order valence-corrected chi connectivity index (χ4v) is 4.31. The van der Waals surface area contributed by atoms with Gasteiger partial charge in [0.25, 0.3) is 0 Å². The smallest absolute Gasteiger partial charge is 0.240 e. The van der Waals surface area contributed by atoms with Crippen LogP contribution in [0.4, 0.5) is 33.3 Å². The topological polar surface area (TPSA) is 55.8 Å². The lowest BCUT2D eigenvalue weighted by molar-refractivity contribution is -0.106. The van der Waals surface area contributed by atoms with Crippen molar-refractivity contribution < 1.29 is 39.9 Å². The van der Waals surface area contributed by atoms with Crippen molar-refractivity contribution in [2.45, 2.75) is 18.7 Å². The number of nitrogens with zero attached hydrogens (tertiary/aromatic N) is 1. The molecule has 1 amide bonds. The normalized spacial score (nSPS) is 12.0. The predicted molar refractivity (Wildman–Crippen MR) is 128 cm³/mol. The lowest BCUT2D eigenvalue weighted by Gasteiger charge is -2.23. The van der Waals surface area contributed by atoms with Crippen LogP contribution in [0.1, 0.15) is 18.1 Å². The van der Waals surface area contributed by atoms with Crippen molar-refractivity contribution >= 4 is 50.9 Å². The number of allylic oxidation sites excluding steroid dienone is 1. The first-order valence-corrected chi connectivity index (χ1v) is 11.9. The van der Waals surface area contributed by atoms with Gasteiger partial charge in [-0.05, 0) is 55.3 Å². The molecule has 12 heteroatoms. The minimum atomic E-state index is -2.68. The molecule has 0 N–H and O–H groups in total. The lowest BCUT2D eigenvalue weighted by atomic mass is 10.1. The number of benzene rings is 3. The van der Waals surface area contributed by atoms with Gasteiger partial charge in [-0.15, -0.1) is 0 Å². The molecule has 5 nitrogen and oxygen atoms in total. The summed E-state index contributed by atoms with van der Waals surface area (Å²) in [6, 6.07) is 7.27. The molecule has 3 rings (SSSR count). The molecular weight excluding hydrogens is 573 g/mol. The van der Waals surface area contributed by atoms with Crippen molar-refractivity contribution in [2.24, 2.45) is 0 Å². The second kappa shape index (κ2) is 11.2. The third-order valence-electron chi connectivity index (χ3n) is 4.95. The fraction of sp³-hybridized carbons (Fsp3) is 0.125. The first kappa shape index (κ1) is 27.3. The number of carbonyl (C=O) groups excluding carboxylic acids is 1. The third-order valence-corrected chi connectivity index (χ3v) is 6.76. The Hall–Kier alpha value is -3.25. The summed E-state index contributed by atoms with van der Waals surface area (Å²) in [5, 5.41) is 0. The highest BCUT2D eigenvalue weighted by Gasteiger charge is 2.29. The Labute approximate surface area is 213 Å². The summed E-state index contributed by atoms with van der Waals surface area (Å²) in [5.74, 6) is -12.6. The van der Waals surface area contributed by atoms with E-state index in [0.29, 0.717) is 29.1 Å². The zero-order chi connectivity index (χ0) is 26.7. The summed E-state index contributed by atoms with van der Waals surface area (Å²) >= 11 is 0.716. The molecule has 1 atom stereocenters. The summed E-state index contributed by atoms with van der Waals surface area (Å²) in [6.07, 6.45) is 3.71. The SMILES string of the molecule is C/C=C\c1cc(S(=O)Oc2c(F)c(F)c(F)c(F)c2F)ccc1N(C=O)c1cc(C)c(Br)cc1OC. The van der Waals surface area contributed by atoms with Crippen LogP contribution in [0.2, 0.25) is 0 Å². The Morgan fingerprint density at radius 2 is 1.56 bits per heavy atom. The minimum Gasteiger partial charge on any atom is -0.495 e. The predicted octanol–water partition coefficient (Wildman–Crippen LogP) is 6.89. The van der Waals surface area contributed by atoms with Gasteiger partial charge in [0.15, 0.2) is 0 Å². The van der Waals surface area contributed by atoms with Crippen LogP contribution in [-0.4, -0.2) is 17.7 Å². The average molecular weight is 590 g/mol. The number of rotatable bonds is 8. The van der Waals surface area contributed by atoms with Gasteiger partial charge < -0.3 is 8.92 Å². The molecule has 0 aliphatic heterocycles. The van der Waals surface area contributed by atoms with E-state index in [9.17, 15) is 31.0 Å². The van der Waals surface area contributed by atoms with E-state index in [2.05, 4.69) is 20.1 Å². The van der Waals surface area contributed by atoms with Crippen molar-refractivity contribution in [3.63, 3.8) is 0 Å². The number of aryl methyl sites for hydroxylation is 1. The number of halogens is 6. The molecule has 0 radical (unpaired) electrons. The molecule has 0 saturated heterocycles. The molecule has 0 fully saturated rings. The van der Waals surface area contributed by atoms with Gasteiger partial charge in [-0.1, -0.05) is 28.1 Å². The van der Waals surface area contributed by atoms with Crippen LogP contribution < -0.4 is 13.8 Å². The Bertz CT molecular complexity index is 1370. The van der Waals surface area contributed by atoms with Crippen LogP contribution in [0.25, 0.3) is 6.08 Å². The van der Waals surface area contributed by atoms with E-state index in [1.54, 1.807) is 31.2 Å². The van der Waals surface area contributed by atoms with Gasteiger partial charge in [0.05, 0.1) is 23.4 Å². The van der Waals surface area contributed by atoms with Gasteiger partial charge in [0.1, 0.15) is 5.75 Å². The number of hydrogen-bond acceptors (Lipinski definition) is 4. The van der Waals surface area contributed by atoms with Crippen molar-refractivity contribution in [3.05, 3.63) is 81.1 Å². The summed E-state index contributed by atoms with van der Waals surface area (Å²) in [5.41, 5.74) is 1.85. The molecule has 0 bridgehead atoms. The van der Waals surface area contributed by atoms with E-state index < -0.39 is 45.9 Å². The van der Waals surface area contributed by atoms with Gasteiger partial charge in [0, 0.05) is 4.47 Å². The summed E-state index contributed by atoms with van der Waals surface area (Å²) in [6.45, 7) is 3.49. The molecule has 0 spiro atoms. The van der Waals surface area contributed by atoms with Crippen LogP contribution in [-0.2, 0) is 15.9 Å². The van der Waals surface area contributed by atoms with Crippen molar-refractivity contribution in [1.82, 2.24) is 0 Å². The van der Waals surface area contributed by atoms with Crippen LogP contribution in [0.15, 0.2) is 45.8 Å². The second-order valence-corrected chi connectivity index (χ2v) is 9.15. The number of amides is 1. The Kier molecular flexibility index (Phi) is 8.51. The van der Waals surface area contributed by atoms with E-state index >= 15 is 0 Å². The minimum absolute atomic E-state index is 0.166. The molecule has 1 unspecified atom stereocenters. The molecule has 36 heavy (non-hydrogen) atoms. The summed E-state index contributed by atoms with van der Waals surface area (Å²) < 4.78 is 91.6. The monoisotopic (exact) mass is 589 g/mol. The molecule has 0 aromatic heterocycles. The Morgan fingerprint density at radius 1 is 0.944 bits per heavy atom. The number of anilines is 2. The van der Waals surface area contributed by atoms with Gasteiger partial charge in [-0.25, -0.2) is 17.4 Å². The van der Waals surface area contributed by atoms with Crippen LogP contribution >= 0.6 is 15.9 Å². The highest BCUT2D eigenvalue weighted by atomic mass is 79.9. The molecule has 0 aliphatic rings. The maximum Gasteiger partial charge on any atom is 0.240 e. The van der Waals surface area contributed by atoms with Crippen molar-refractivity contribution in [1.29, 1.82) is 0 Å². The van der Waals surface area contributed by atoms with Crippen LogP contribution in [0.3, 0.4) is 0 Å². The van der Waals surface area contributed by atoms with Crippen LogP contribution in [0, 0.1) is 36.0 Å². The van der Waals surface area contributed by atoms with Crippen LogP contribution in [0.5, 0.6) is 11.5 Å². The average Bonchev–Trinajstić information content (AvgIpc) is 2.87. The van der Waals surface area contributed by atoms with Gasteiger partial charge in [-0.3, -0.25) is 9.69 Å². The highest BCUT2D eigenvalue weighted by molar-refractivity contribution is 9.10. The number of methoxy groups -OCH3 is 1. The molecule has 190 valence electrons. The van der Waals surface area contributed by atoms with E-state index in [-0.39, 0.29) is 4.90 Å². The first-order valence-electron chi connectivity index (χ1n) is 10.0. The number of ether oxygens (including phenoxy) is 1. The molecular formula is C24H17BrF5NO4S. The zero-order valence-electron chi connectivity index (χ0n) is 18.9. The zero-order valence-corrected chi connectivity index (χ0v) is 21.3. The van der Waals surface area contributed by atoms with Crippen molar-refractivity contribution in [3.8, 4) is 11.5 Å². The van der Waals surface area contributed by atoms with E-state index in [4.69, 9.17) is 4.74 Å². The standard InChI is InChI=1S/C24H17BrF5NO4S/c1-4-5-13-9-14(36(33)35-24-22(29)20(27)19(26)21(28)23(24)30)6-7-16(13)31(11-32)17-8-12(2)15(25)10-18(17)34-3/h4-11H,1-3H3/b5-4-. The maximum absolute atomic E-state index is 14.0. The summed E-state index contributed by atoms with van der Waals surface area (Å²) in [4.78, 5) is 13.2. The van der Waals surface area contributed by atoms with E-state index in [1.807, 2.05) is 6.92 Å². The first-order chi connectivity index (χ1) is 17.0. The molecule has 0 saturated carbocycles. The van der Waals surface area contributed by atoms with Gasteiger partial charge in [0.2, 0.25) is 52.3 Å². The lowest BCUT2D eigenvalue weighted by Crippen LogP contribution is -2.17. The van der Waals surface area contributed by atoms with Crippen molar-refractivity contribution in [2.75, 3.05) is 12.0 Å². The fourth-order valence-electron chi connectivity index (χ4n) is 3.19. The summed E-state index contributed by atoms with van der Waals surface area (Å²) in [7, 11) is 1.43.